The Labute approximate surface area is 86.2 Å². The molecule has 0 heterocycles. The molecule has 0 aromatic rings. The van der Waals surface area contributed by atoms with Crippen LogP contribution in [0.15, 0.2) is 0 Å². The topological polar surface area (TPSA) is 38.3 Å². The Hall–Kier alpha value is -1.01. The predicted molar refractivity (Wildman–Crippen MR) is 56.8 cm³/mol. The highest BCUT2D eigenvalue weighted by atomic mass is 16.5. The normalized spacial score (nSPS) is 12.0. The first kappa shape index (κ1) is 13.0. The van der Waals surface area contributed by atoms with Gasteiger partial charge in [0, 0.05) is 0 Å². The van der Waals surface area contributed by atoms with Crippen LogP contribution >= 0.6 is 0 Å². The van der Waals surface area contributed by atoms with Crippen LogP contribution < -0.4 is 5.32 Å². The second-order valence-corrected chi connectivity index (χ2v) is 4.72. The van der Waals surface area contributed by atoms with Crippen LogP contribution in [0.1, 0.15) is 34.6 Å². The van der Waals surface area contributed by atoms with Gasteiger partial charge in [-0.1, -0.05) is 5.92 Å². The predicted octanol–water partition coefficient (Wildman–Crippen LogP) is 1.33. The Morgan fingerprint density at radius 1 is 1.36 bits per heavy atom. The van der Waals surface area contributed by atoms with E-state index in [0.717, 1.165) is 0 Å². The van der Waals surface area contributed by atoms with Crippen molar-refractivity contribution in [2.24, 2.45) is 0 Å². The van der Waals surface area contributed by atoms with Crippen molar-refractivity contribution in [3.63, 3.8) is 0 Å². The second-order valence-electron chi connectivity index (χ2n) is 4.72. The highest BCUT2D eigenvalue weighted by Gasteiger charge is 2.19. The lowest BCUT2D eigenvalue weighted by atomic mass is 10.1. The SMILES string of the molecule is C#CC(C)(C)NC(=O)COC(C)(C)C. The highest BCUT2D eigenvalue weighted by Crippen LogP contribution is 2.06. The van der Waals surface area contributed by atoms with Gasteiger partial charge in [-0.15, -0.1) is 6.42 Å². The molecule has 0 aromatic carbocycles. The fourth-order valence-electron chi connectivity index (χ4n) is 0.703. The molecule has 3 nitrogen and oxygen atoms in total. The number of carbonyl (C=O) groups excluding carboxylic acids is 1. The zero-order valence-electron chi connectivity index (χ0n) is 9.60. The lowest BCUT2D eigenvalue weighted by molar-refractivity contribution is -0.131. The zero-order valence-corrected chi connectivity index (χ0v) is 9.60. The molecule has 0 aliphatic heterocycles. The third kappa shape index (κ3) is 6.50. The van der Waals surface area contributed by atoms with Gasteiger partial charge in [0.05, 0.1) is 11.1 Å². The van der Waals surface area contributed by atoms with Gasteiger partial charge in [0.15, 0.2) is 0 Å². The Kier molecular flexibility index (Phi) is 4.15. The number of rotatable bonds is 3. The standard InChI is InChI=1S/C11H19NO2/c1-7-11(5,6)12-9(13)8-14-10(2,3)4/h1H,8H2,2-6H3,(H,12,13). The molecule has 3 heteroatoms. The van der Waals surface area contributed by atoms with Crippen molar-refractivity contribution < 1.29 is 9.53 Å². The second kappa shape index (κ2) is 4.47. The van der Waals surface area contributed by atoms with Gasteiger partial charge in [0.1, 0.15) is 6.61 Å². The van der Waals surface area contributed by atoms with E-state index in [4.69, 9.17) is 11.2 Å². The molecule has 0 aromatic heterocycles. The van der Waals surface area contributed by atoms with Gasteiger partial charge in [-0.3, -0.25) is 4.79 Å². The number of nitrogens with one attached hydrogen (secondary N) is 1. The Morgan fingerprint density at radius 3 is 2.21 bits per heavy atom. The third-order valence-electron chi connectivity index (χ3n) is 1.45. The van der Waals surface area contributed by atoms with Crippen LogP contribution in [-0.4, -0.2) is 23.7 Å². The molecule has 0 aliphatic carbocycles. The molecule has 80 valence electrons. The summed E-state index contributed by atoms with van der Waals surface area (Å²) in [6.07, 6.45) is 5.23. The quantitative estimate of drug-likeness (QED) is 0.693. The minimum absolute atomic E-state index is 0.0363. The smallest absolute Gasteiger partial charge is 0.247 e. The van der Waals surface area contributed by atoms with Crippen molar-refractivity contribution in [3.8, 4) is 12.3 Å². The summed E-state index contributed by atoms with van der Waals surface area (Å²) < 4.78 is 5.30. The summed E-state index contributed by atoms with van der Waals surface area (Å²) in [5.41, 5.74) is -0.921. The molecule has 0 aliphatic rings. The van der Waals surface area contributed by atoms with Crippen LogP contribution in [0.25, 0.3) is 0 Å². The molecule has 1 amide bonds. The Bertz CT molecular complexity index is 243. The summed E-state index contributed by atoms with van der Waals surface area (Å²) in [4.78, 5) is 11.3. The number of carbonyl (C=O) groups is 1. The Morgan fingerprint density at radius 2 is 1.86 bits per heavy atom. The van der Waals surface area contributed by atoms with E-state index in [1.54, 1.807) is 13.8 Å². The van der Waals surface area contributed by atoms with Crippen molar-refractivity contribution in [2.45, 2.75) is 45.8 Å². The van der Waals surface area contributed by atoms with Crippen molar-refractivity contribution in [1.82, 2.24) is 5.32 Å². The van der Waals surface area contributed by atoms with Crippen LogP contribution in [0.2, 0.25) is 0 Å². The van der Waals surface area contributed by atoms with E-state index in [1.165, 1.54) is 0 Å². The molecule has 0 atom stereocenters. The van der Waals surface area contributed by atoms with Gasteiger partial charge in [-0.05, 0) is 34.6 Å². The Balaban J connectivity index is 3.97. The van der Waals surface area contributed by atoms with Crippen LogP contribution in [0.3, 0.4) is 0 Å². The molecular formula is C11H19NO2. The zero-order chi connectivity index (χ0) is 11.4. The fourth-order valence-corrected chi connectivity index (χ4v) is 0.703. The molecule has 0 bridgehead atoms. The van der Waals surface area contributed by atoms with E-state index in [1.807, 2.05) is 20.8 Å². The van der Waals surface area contributed by atoms with Crippen LogP contribution in [0.4, 0.5) is 0 Å². The molecule has 1 N–H and O–H groups in total. The van der Waals surface area contributed by atoms with Crippen molar-refractivity contribution in [2.75, 3.05) is 6.61 Å². The molecule has 14 heavy (non-hydrogen) atoms. The van der Waals surface area contributed by atoms with E-state index in [-0.39, 0.29) is 18.1 Å². The monoisotopic (exact) mass is 197 g/mol. The van der Waals surface area contributed by atoms with E-state index >= 15 is 0 Å². The average Bonchev–Trinajstić information content (AvgIpc) is 1.99. The van der Waals surface area contributed by atoms with Crippen molar-refractivity contribution >= 4 is 5.91 Å². The third-order valence-corrected chi connectivity index (χ3v) is 1.45. The van der Waals surface area contributed by atoms with Crippen molar-refractivity contribution in [3.05, 3.63) is 0 Å². The summed E-state index contributed by atoms with van der Waals surface area (Å²) in [6, 6.07) is 0. The molecule has 0 radical (unpaired) electrons. The maximum absolute atomic E-state index is 11.3. The number of ether oxygens (including phenoxy) is 1. The first-order valence-electron chi connectivity index (χ1n) is 4.59. The van der Waals surface area contributed by atoms with Gasteiger partial charge in [0.25, 0.3) is 0 Å². The molecule has 0 saturated carbocycles. The molecule has 0 rings (SSSR count). The molecule has 0 unspecified atom stereocenters. The first-order chi connectivity index (χ1) is 6.16. The van der Waals surface area contributed by atoms with Gasteiger partial charge in [-0.25, -0.2) is 0 Å². The minimum atomic E-state index is -0.613. The summed E-state index contributed by atoms with van der Waals surface area (Å²) >= 11 is 0. The van der Waals surface area contributed by atoms with E-state index < -0.39 is 5.54 Å². The van der Waals surface area contributed by atoms with Gasteiger partial charge in [0.2, 0.25) is 5.91 Å². The summed E-state index contributed by atoms with van der Waals surface area (Å²) in [7, 11) is 0. The largest absolute Gasteiger partial charge is 0.366 e. The van der Waals surface area contributed by atoms with Gasteiger partial charge < -0.3 is 10.1 Å². The fraction of sp³-hybridized carbons (Fsp3) is 0.727. The molecule has 0 fully saturated rings. The number of terminal acetylenes is 1. The average molecular weight is 197 g/mol. The number of amides is 1. The first-order valence-corrected chi connectivity index (χ1v) is 4.59. The van der Waals surface area contributed by atoms with E-state index in [0.29, 0.717) is 0 Å². The van der Waals surface area contributed by atoms with E-state index in [2.05, 4.69) is 11.2 Å². The molecule has 0 saturated heterocycles. The van der Waals surface area contributed by atoms with Crippen LogP contribution in [0, 0.1) is 12.3 Å². The van der Waals surface area contributed by atoms with Gasteiger partial charge >= 0.3 is 0 Å². The maximum atomic E-state index is 11.3. The molecule has 0 spiro atoms. The summed E-state index contributed by atoms with van der Waals surface area (Å²) in [5.74, 6) is 2.29. The lowest BCUT2D eigenvalue weighted by Gasteiger charge is -2.23. The number of hydrogen-bond donors (Lipinski definition) is 1. The van der Waals surface area contributed by atoms with Crippen LogP contribution in [-0.2, 0) is 9.53 Å². The van der Waals surface area contributed by atoms with Gasteiger partial charge in [-0.2, -0.15) is 0 Å². The van der Waals surface area contributed by atoms with E-state index in [9.17, 15) is 4.79 Å². The van der Waals surface area contributed by atoms with Crippen LogP contribution in [0.5, 0.6) is 0 Å². The van der Waals surface area contributed by atoms with Crippen molar-refractivity contribution in [1.29, 1.82) is 0 Å². The molecular weight excluding hydrogens is 178 g/mol. The highest BCUT2D eigenvalue weighted by molar-refractivity contribution is 5.78. The summed E-state index contributed by atoms with van der Waals surface area (Å²) in [5, 5.41) is 2.68. The minimum Gasteiger partial charge on any atom is -0.366 e. The number of hydrogen-bond acceptors (Lipinski definition) is 2. The maximum Gasteiger partial charge on any atom is 0.247 e. The lowest BCUT2D eigenvalue weighted by Crippen LogP contribution is -2.44. The summed E-state index contributed by atoms with van der Waals surface area (Å²) in [6.45, 7) is 9.25.